The maximum Gasteiger partial charge on any atom is 0.253 e. The molecule has 30 heavy (non-hydrogen) atoms. The summed E-state index contributed by atoms with van der Waals surface area (Å²) in [5.74, 6) is -0.0432. The molecular formula is C26H22N2O2. The number of aromatic hydroxyl groups is 1. The van der Waals surface area contributed by atoms with Gasteiger partial charge in [0.1, 0.15) is 5.75 Å². The average molecular weight is 394 g/mol. The second kappa shape index (κ2) is 8.62. The summed E-state index contributed by atoms with van der Waals surface area (Å²) in [5.41, 5.74) is 2.69. The Kier molecular flexibility index (Phi) is 5.57. The van der Waals surface area contributed by atoms with Crippen LogP contribution >= 0.6 is 0 Å². The molecule has 4 heteroatoms. The Morgan fingerprint density at radius 3 is 2.43 bits per heavy atom. The maximum absolute atomic E-state index is 12.9. The highest BCUT2D eigenvalue weighted by Gasteiger charge is 2.14. The second-order valence-electron chi connectivity index (χ2n) is 7.10. The molecule has 4 aromatic carbocycles. The van der Waals surface area contributed by atoms with Crippen molar-refractivity contribution in [3.8, 4) is 5.75 Å². The van der Waals surface area contributed by atoms with E-state index in [1.807, 2.05) is 79.7 Å². The molecule has 1 amide bonds. The van der Waals surface area contributed by atoms with E-state index in [-0.39, 0.29) is 17.7 Å². The molecule has 4 aromatic rings. The Balaban J connectivity index is 1.63. The van der Waals surface area contributed by atoms with Crippen molar-refractivity contribution < 1.29 is 9.90 Å². The van der Waals surface area contributed by atoms with Crippen molar-refractivity contribution in [1.29, 1.82) is 0 Å². The number of phenolic OH excluding ortho intramolecular Hbond substituents is 1. The average Bonchev–Trinajstić information content (AvgIpc) is 2.79. The number of aliphatic imine (C=N–C) groups is 1. The lowest BCUT2D eigenvalue weighted by atomic mass is 10.0. The summed E-state index contributed by atoms with van der Waals surface area (Å²) in [6.45, 7) is 1.95. The fourth-order valence-electron chi connectivity index (χ4n) is 3.43. The minimum absolute atomic E-state index is 0.127. The predicted molar refractivity (Wildman–Crippen MR) is 122 cm³/mol. The fourth-order valence-corrected chi connectivity index (χ4v) is 3.43. The summed E-state index contributed by atoms with van der Waals surface area (Å²) in [6.07, 6.45) is 1.62. The number of nitrogens with zero attached hydrogens (tertiary/aromatic N) is 1. The monoisotopic (exact) mass is 394 g/mol. The molecule has 4 rings (SSSR count). The number of amides is 1. The molecule has 0 aromatic heterocycles. The van der Waals surface area contributed by atoms with Gasteiger partial charge in [0.15, 0.2) is 0 Å². The Hall–Kier alpha value is -3.92. The van der Waals surface area contributed by atoms with E-state index in [0.29, 0.717) is 16.8 Å². The van der Waals surface area contributed by atoms with Crippen LogP contribution < -0.4 is 5.32 Å². The van der Waals surface area contributed by atoms with Crippen molar-refractivity contribution in [3.05, 3.63) is 108 Å². The van der Waals surface area contributed by atoms with E-state index in [1.54, 1.807) is 24.4 Å². The molecule has 4 nitrogen and oxygen atoms in total. The van der Waals surface area contributed by atoms with Gasteiger partial charge < -0.3 is 10.4 Å². The van der Waals surface area contributed by atoms with Gasteiger partial charge in [-0.25, -0.2) is 0 Å². The third kappa shape index (κ3) is 4.08. The molecule has 0 unspecified atom stereocenters. The first-order valence-electron chi connectivity index (χ1n) is 9.83. The SMILES string of the molecule is C[C@@H](NC(=O)c1ccccc1N=Cc1c(O)ccc2ccccc12)c1ccccc1. The van der Waals surface area contributed by atoms with Crippen molar-refractivity contribution in [3.63, 3.8) is 0 Å². The van der Waals surface area contributed by atoms with Gasteiger partial charge >= 0.3 is 0 Å². The van der Waals surface area contributed by atoms with E-state index in [1.165, 1.54) is 0 Å². The third-order valence-corrected chi connectivity index (χ3v) is 5.08. The highest BCUT2D eigenvalue weighted by molar-refractivity contribution is 6.04. The molecule has 0 bridgehead atoms. The minimum atomic E-state index is -0.193. The van der Waals surface area contributed by atoms with Crippen LogP contribution in [0.5, 0.6) is 5.75 Å². The lowest BCUT2D eigenvalue weighted by molar-refractivity contribution is 0.0940. The Morgan fingerprint density at radius 1 is 0.900 bits per heavy atom. The number of carbonyl (C=O) groups excluding carboxylic acids is 1. The first kappa shape index (κ1) is 19.4. The number of hydrogen-bond donors (Lipinski definition) is 2. The van der Waals surface area contributed by atoms with E-state index >= 15 is 0 Å². The van der Waals surface area contributed by atoms with Crippen molar-refractivity contribution in [2.75, 3.05) is 0 Å². The van der Waals surface area contributed by atoms with Crippen molar-refractivity contribution in [2.45, 2.75) is 13.0 Å². The number of hydrogen-bond acceptors (Lipinski definition) is 3. The number of benzene rings is 4. The highest BCUT2D eigenvalue weighted by Crippen LogP contribution is 2.27. The largest absolute Gasteiger partial charge is 0.507 e. The van der Waals surface area contributed by atoms with Gasteiger partial charge in [-0.05, 0) is 41.5 Å². The smallest absolute Gasteiger partial charge is 0.253 e. The lowest BCUT2D eigenvalue weighted by Crippen LogP contribution is -2.26. The Labute approximate surface area is 175 Å². The first-order valence-corrected chi connectivity index (χ1v) is 9.83. The molecule has 0 saturated carbocycles. The van der Waals surface area contributed by atoms with Crippen LogP contribution in [0.15, 0.2) is 96.0 Å². The predicted octanol–water partition coefficient (Wildman–Crippen LogP) is 5.79. The zero-order valence-electron chi connectivity index (χ0n) is 16.6. The summed E-state index contributed by atoms with van der Waals surface area (Å²) in [7, 11) is 0. The fraction of sp³-hybridized carbons (Fsp3) is 0.0769. The summed E-state index contributed by atoms with van der Waals surface area (Å²) in [5, 5.41) is 15.3. The van der Waals surface area contributed by atoms with E-state index in [4.69, 9.17) is 0 Å². The van der Waals surface area contributed by atoms with Crippen molar-refractivity contribution in [2.24, 2.45) is 4.99 Å². The van der Waals surface area contributed by atoms with Crippen LogP contribution in [-0.2, 0) is 0 Å². The normalized spacial score (nSPS) is 12.2. The molecule has 1 atom stereocenters. The number of phenols is 1. The van der Waals surface area contributed by atoms with Crippen molar-refractivity contribution >= 4 is 28.6 Å². The number of rotatable bonds is 5. The lowest BCUT2D eigenvalue weighted by Gasteiger charge is -2.15. The first-order chi connectivity index (χ1) is 14.6. The van der Waals surface area contributed by atoms with E-state index in [0.717, 1.165) is 16.3 Å². The van der Waals surface area contributed by atoms with Gasteiger partial charge in [-0.15, -0.1) is 0 Å². The van der Waals surface area contributed by atoms with Gasteiger partial charge in [-0.1, -0.05) is 72.8 Å². The van der Waals surface area contributed by atoms with Gasteiger partial charge in [0, 0.05) is 11.8 Å². The number of fused-ring (bicyclic) bond motifs is 1. The maximum atomic E-state index is 12.9. The standard InChI is InChI=1S/C26H22N2O2/c1-18(19-9-3-2-4-10-19)28-26(30)22-13-7-8-14-24(22)27-17-23-21-12-6-5-11-20(21)15-16-25(23)29/h2-18,29H,1H3,(H,28,30)/t18-/m1/s1. The van der Waals surface area contributed by atoms with Gasteiger partial charge in [0.05, 0.1) is 17.3 Å². The molecule has 0 aliphatic heterocycles. The summed E-state index contributed by atoms with van der Waals surface area (Å²) < 4.78 is 0. The molecular weight excluding hydrogens is 372 g/mol. The molecule has 148 valence electrons. The molecule has 0 aliphatic carbocycles. The Bertz CT molecular complexity index is 1220. The minimum Gasteiger partial charge on any atom is -0.507 e. The van der Waals surface area contributed by atoms with Gasteiger partial charge in [0.25, 0.3) is 5.91 Å². The molecule has 0 spiro atoms. The topological polar surface area (TPSA) is 61.7 Å². The van der Waals surface area contributed by atoms with Crippen LogP contribution in [0.1, 0.15) is 34.5 Å². The summed E-state index contributed by atoms with van der Waals surface area (Å²) in [4.78, 5) is 17.4. The summed E-state index contributed by atoms with van der Waals surface area (Å²) in [6, 6.07) is 28.2. The number of para-hydroxylation sites is 1. The van der Waals surface area contributed by atoms with Crippen LogP contribution in [0.4, 0.5) is 5.69 Å². The van der Waals surface area contributed by atoms with E-state index in [9.17, 15) is 9.90 Å². The quantitative estimate of drug-likeness (QED) is 0.421. The Morgan fingerprint density at radius 2 is 1.60 bits per heavy atom. The molecule has 0 aliphatic rings. The van der Waals surface area contributed by atoms with Crippen LogP contribution in [0, 0.1) is 0 Å². The van der Waals surface area contributed by atoms with E-state index < -0.39 is 0 Å². The van der Waals surface area contributed by atoms with Gasteiger partial charge in [-0.2, -0.15) is 0 Å². The van der Waals surface area contributed by atoms with Crippen molar-refractivity contribution in [1.82, 2.24) is 5.32 Å². The molecule has 0 heterocycles. The van der Waals surface area contributed by atoms with Gasteiger partial charge in [0.2, 0.25) is 0 Å². The molecule has 0 radical (unpaired) electrons. The highest BCUT2D eigenvalue weighted by atomic mass is 16.3. The van der Waals surface area contributed by atoms with Crippen LogP contribution in [0.2, 0.25) is 0 Å². The van der Waals surface area contributed by atoms with Gasteiger partial charge in [-0.3, -0.25) is 9.79 Å². The zero-order valence-corrected chi connectivity index (χ0v) is 16.6. The van der Waals surface area contributed by atoms with Crippen LogP contribution in [-0.4, -0.2) is 17.2 Å². The molecule has 0 saturated heterocycles. The zero-order chi connectivity index (χ0) is 20.9. The number of nitrogens with one attached hydrogen (secondary N) is 1. The number of carbonyl (C=O) groups is 1. The molecule has 0 fully saturated rings. The van der Waals surface area contributed by atoms with Crippen LogP contribution in [0.3, 0.4) is 0 Å². The molecule has 2 N–H and O–H groups in total. The summed E-state index contributed by atoms with van der Waals surface area (Å²) >= 11 is 0. The van der Waals surface area contributed by atoms with Crippen LogP contribution in [0.25, 0.3) is 10.8 Å². The second-order valence-corrected chi connectivity index (χ2v) is 7.10. The van der Waals surface area contributed by atoms with E-state index in [2.05, 4.69) is 10.3 Å². The third-order valence-electron chi connectivity index (χ3n) is 5.08.